The highest BCUT2D eigenvalue weighted by atomic mass is 17.3. The van der Waals surface area contributed by atoms with Crippen LogP contribution in [0.3, 0.4) is 0 Å². The largest absolute Gasteiger partial charge is 0.508 e. The summed E-state index contributed by atoms with van der Waals surface area (Å²) in [6.45, 7) is 2.56. The Morgan fingerprint density at radius 1 is 1.02 bits per heavy atom. The number of nitrogens with zero attached hydrogens (tertiary/aromatic N) is 3. The molecule has 1 amide bonds. The number of phenolic OH excluding ortho intramolecular Hbond substituents is 1. The van der Waals surface area contributed by atoms with E-state index in [0.29, 0.717) is 77.9 Å². The van der Waals surface area contributed by atoms with Crippen molar-refractivity contribution in [3.05, 3.63) is 86.7 Å². The normalized spacial score (nSPS) is 31.7. The van der Waals surface area contributed by atoms with Crippen LogP contribution in [0.4, 0.5) is 10.5 Å². The molecule has 2 N–H and O–H groups in total. The number of fused-ring (bicyclic) bond motifs is 5. The lowest BCUT2D eigenvalue weighted by atomic mass is 9.53. The third-order valence-electron chi connectivity index (χ3n) is 14.7. The number of carbonyl (C=O) groups is 2. The molecule has 5 saturated carbocycles. The molecule has 3 aliphatic heterocycles. The van der Waals surface area contributed by atoms with Gasteiger partial charge in [-0.2, -0.15) is 9.78 Å². The van der Waals surface area contributed by atoms with E-state index in [9.17, 15) is 19.5 Å². The number of aromatic nitrogens is 2. The molecule has 8 aliphatic rings. The average molecular weight is 833 g/mol. The number of amides is 1. The van der Waals surface area contributed by atoms with Gasteiger partial charge in [-0.25, -0.2) is 14.6 Å². The highest BCUT2D eigenvalue weighted by Crippen LogP contribution is 2.64. The Balaban J connectivity index is 0.769. The summed E-state index contributed by atoms with van der Waals surface area (Å²) in [7, 11) is 3.88. The van der Waals surface area contributed by atoms with Gasteiger partial charge in [-0.1, -0.05) is 19.1 Å². The van der Waals surface area contributed by atoms with E-state index in [2.05, 4.69) is 5.32 Å². The molecule has 1 saturated heterocycles. The summed E-state index contributed by atoms with van der Waals surface area (Å²) in [5.41, 5.74) is 3.95. The minimum Gasteiger partial charge on any atom is -0.508 e. The maximum Gasteiger partial charge on any atom is 0.411 e. The van der Waals surface area contributed by atoms with Crippen LogP contribution in [0.15, 0.2) is 53.3 Å². The van der Waals surface area contributed by atoms with Gasteiger partial charge in [0.15, 0.2) is 5.60 Å². The number of cyclic esters (lactones) is 1. The maximum atomic E-state index is 14.1. The predicted octanol–water partition coefficient (Wildman–Crippen LogP) is 7.39. The van der Waals surface area contributed by atoms with Crippen molar-refractivity contribution in [3.8, 4) is 17.1 Å². The Morgan fingerprint density at radius 2 is 1.79 bits per heavy atom. The quantitative estimate of drug-likeness (QED) is 0.118. The summed E-state index contributed by atoms with van der Waals surface area (Å²) in [6, 6.07) is 14.4. The van der Waals surface area contributed by atoms with Gasteiger partial charge >= 0.3 is 12.1 Å². The monoisotopic (exact) mass is 832 g/mol. The average Bonchev–Trinajstić information content (AvgIpc) is 3.79. The van der Waals surface area contributed by atoms with Gasteiger partial charge in [-0.05, 0) is 119 Å². The lowest BCUT2D eigenvalue weighted by Crippen LogP contribution is -2.59. The predicted molar refractivity (Wildman–Crippen MR) is 221 cm³/mol. The summed E-state index contributed by atoms with van der Waals surface area (Å²) in [4.78, 5) is 60.2. The van der Waals surface area contributed by atoms with Crippen molar-refractivity contribution >= 4 is 28.7 Å². The van der Waals surface area contributed by atoms with Crippen LogP contribution < -0.4 is 10.9 Å². The second kappa shape index (κ2) is 14.3. The standard InChI is InChI=1S/C47H52N4O10/c1-4-46(37-20-39-41-29(22-51(39)42(53)36(37)25-56-43(46)54)19-34-35(23-50(2)3)40(52)12-11-38(34)49-41)57-24-26-7-9-32(10-8-26)48-44(55)58-33-6-5-13-45(21-33)59-47(61-60-45)30-15-27-14-28(17-30)18-31(47)16-27/h7-12,19-20,27-28,30-31,33,52H,4-6,13-18,21-25H2,1-3H3,(H,48,55)/t27?,28?,30?,31?,33?,45-,46?,47?/m1/s1. The van der Waals surface area contributed by atoms with Crippen LogP contribution in [0.1, 0.15) is 98.9 Å². The third-order valence-corrected chi connectivity index (χ3v) is 14.7. The van der Waals surface area contributed by atoms with E-state index >= 15 is 0 Å². The molecule has 14 nitrogen and oxygen atoms in total. The molecule has 2 aromatic heterocycles. The lowest BCUT2D eigenvalue weighted by Gasteiger charge is -2.57. The first-order valence-corrected chi connectivity index (χ1v) is 22.0. The zero-order chi connectivity index (χ0) is 41.8. The van der Waals surface area contributed by atoms with E-state index < -0.39 is 29.2 Å². The fourth-order valence-corrected chi connectivity index (χ4v) is 12.0. The smallest absolute Gasteiger partial charge is 0.411 e. The summed E-state index contributed by atoms with van der Waals surface area (Å²) in [5.74, 6) is 0.361. The van der Waals surface area contributed by atoms with Crippen LogP contribution in [0.5, 0.6) is 5.75 Å². The van der Waals surface area contributed by atoms with Gasteiger partial charge in [0.1, 0.15) is 18.5 Å². The van der Waals surface area contributed by atoms with Crippen molar-refractivity contribution in [2.45, 2.75) is 121 Å². The first-order chi connectivity index (χ1) is 29.4. The SMILES string of the molecule is CCC1(OCc2ccc(NC(=O)OC3CCC[C@]4(C3)OOC3(O4)C4CC5CC(C4)CC3C5)cc2)C(=O)OCc2c1cc1n(c2=O)Cc2cc3c(CN(C)C)c(O)ccc3nc2-1. The van der Waals surface area contributed by atoms with Crippen LogP contribution in [0, 0.1) is 23.7 Å². The highest BCUT2D eigenvalue weighted by molar-refractivity contribution is 5.89. The van der Waals surface area contributed by atoms with E-state index in [1.165, 1.54) is 6.42 Å². The zero-order valence-corrected chi connectivity index (χ0v) is 34.9. The minimum absolute atomic E-state index is 0.0416. The summed E-state index contributed by atoms with van der Waals surface area (Å²) in [5, 5.41) is 14.4. The van der Waals surface area contributed by atoms with Crippen molar-refractivity contribution in [2.24, 2.45) is 23.7 Å². The van der Waals surface area contributed by atoms with Crippen LogP contribution in [0.25, 0.3) is 22.3 Å². The Morgan fingerprint density at radius 3 is 2.52 bits per heavy atom. The Kier molecular flexibility index (Phi) is 9.18. The molecule has 61 heavy (non-hydrogen) atoms. The number of anilines is 1. The number of carbonyl (C=O) groups excluding carboxylic acids is 2. The number of nitrogens with one attached hydrogen (secondary N) is 1. The minimum atomic E-state index is -1.53. The topological polar surface area (TPSA) is 160 Å². The van der Waals surface area contributed by atoms with Crippen molar-refractivity contribution < 1.29 is 43.4 Å². The van der Waals surface area contributed by atoms with Gasteiger partial charge in [-0.3, -0.25) is 10.1 Å². The second-order valence-corrected chi connectivity index (χ2v) is 18.9. The number of rotatable bonds is 8. The molecule has 5 aliphatic carbocycles. The number of phenols is 1. The summed E-state index contributed by atoms with van der Waals surface area (Å²) < 4.78 is 26.6. The van der Waals surface area contributed by atoms with Gasteiger partial charge in [0.25, 0.3) is 5.56 Å². The number of ether oxygens (including phenoxy) is 4. The molecule has 12 rings (SSSR count). The molecule has 0 radical (unpaired) electrons. The fraction of sp³-hybridized carbons (Fsp3) is 0.532. The van der Waals surface area contributed by atoms with Gasteiger partial charge < -0.3 is 33.5 Å². The number of hydrogen-bond donors (Lipinski definition) is 2. The van der Waals surface area contributed by atoms with Crippen molar-refractivity contribution in [3.63, 3.8) is 0 Å². The molecular formula is C47H52N4O10. The molecule has 2 spiro atoms. The first-order valence-electron chi connectivity index (χ1n) is 22.0. The number of pyridine rings is 2. The number of aromatic hydroxyl groups is 1. The van der Waals surface area contributed by atoms with Crippen molar-refractivity contribution in [1.82, 2.24) is 14.5 Å². The van der Waals surface area contributed by atoms with E-state index in [1.54, 1.807) is 28.8 Å². The van der Waals surface area contributed by atoms with E-state index in [1.807, 2.05) is 50.2 Å². The maximum absolute atomic E-state index is 14.1. The summed E-state index contributed by atoms with van der Waals surface area (Å²) >= 11 is 0. The zero-order valence-electron chi connectivity index (χ0n) is 34.9. The van der Waals surface area contributed by atoms with Crippen molar-refractivity contribution in [1.29, 1.82) is 0 Å². The van der Waals surface area contributed by atoms with Crippen LogP contribution in [-0.4, -0.2) is 63.4 Å². The van der Waals surface area contributed by atoms with Crippen LogP contribution in [0.2, 0.25) is 0 Å². The Labute approximate surface area is 353 Å². The van der Waals surface area contributed by atoms with Gasteiger partial charge in [0.2, 0.25) is 11.6 Å². The molecule has 320 valence electrons. The third kappa shape index (κ3) is 6.31. The molecular weight excluding hydrogens is 781 g/mol. The van der Waals surface area contributed by atoms with Crippen LogP contribution >= 0.6 is 0 Å². The lowest BCUT2D eigenvalue weighted by molar-refractivity contribution is -0.390. The number of benzene rings is 2. The highest BCUT2D eigenvalue weighted by Gasteiger charge is 2.67. The molecule has 4 bridgehead atoms. The molecule has 5 heterocycles. The molecule has 6 fully saturated rings. The van der Waals surface area contributed by atoms with E-state index in [-0.39, 0.29) is 37.0 Å². The second-order valence-electron chi connectivity index (χ2n) is 18.9. The molecule has 4 aromatic rings. The summed E-state index contributed by atoms with van der Waals surface area (Å²) in [6.07, 6.45) is 7.83. The number of hydrogen-bond acceptors (Lipinski definition) is 12. The van der Waals surface area contributed by atoms with E-state index in [4.69, 9.17) is 33.7 Å². The first kappa shape index (κ1) is 39.0. The molecule has 14 heteroatoms. The molecule has 3 atom stereocenters. The molecule has 2 unspecified atom stereocenters. The Hall–Kier alpha value is -4.86. The van der Waals surface area contributed by atoms with Gasteiger partial charge in [-0.15, -0.1) is 0 Å². The van der Waals surface area contributed by atoms with Crippen molar-refractivity contribution in [2.75, 3.05) is 19.4 Å². The fourth-order valence-electron chi connectivity index (χ4n) is 12.0. The molecule has 2 aromatic carbocycles. The van der Waals surface area contributed by atoms with E-state index in [0.717, 1.165) is 66.0 Å². The van der Waals surface area contributed by atoms with Gasteiger partial charge in [0, 0.05) is 59.0 Å². The number of esters is 1. The van der Waals surface area contributed by atoms with Crippen LogP contribution in [-0.2, 0) is 65.4 Å². The Bertz CT molecular complexity index is 2490. The van der Waals surface area contributed by atoms with Gasteiger partial charge in [0.05, 0.1) is 35.6 Å².